The summed E-state index contributed by atoms with van der Waals surface area (Å²) in [6.07, 6.45) is 2.87. The molecule has 1 aromatic carbocycles. The van der Waals surface area contributed by atoms with E-state index in [4.69, 9.17) is 16.3 Å². The lowest BCUT2D eigenvalue weighted by Gasteiger charge is -2.06. The van der Waals surface area contributed by atoms with E-state index in [2.05, 4.69) is 5.10 Å². The van der Waals surface area contributed by atoms with Gasteiger partial charge in [0.25, 0.3) is 5.91 Å². The summed E-state index contributed by atoms with van der Waals surface area (Å²) in [4.78, 5) is 12.0. The van der Waals surface area contributed by atoms with E-state index in [9.17, 15) is 4.79 Å². The van der Waals surface area contributed by atoms with Crippen LogP contribution in [0.2, 0.25) is 5.02 Å². The van der Waals surface area contributed by atoms with Crippen LogP contribution < -0.4 is 4.74 Å². The first kappa shape index (κ1) is 10.7. The molecule has 0 spiro atoms. The normalized spacial score (nSPS) is 10.1. The minimum Gasteiger partial charge on any atom is -0.496 e. The summed E-state index contributed by atoms with van der Waals surface area (Å²) in [5, 5.41) is 4.27. The predicted molar refractivity (Wildman–Crippen MR) is 60.0 cm³/mol. The molecule has 82 valence electrons. The molecule has 0 atom stereocenters. The third-order valence-corrected chi connectivity index (χ3v) is 2.29. The molecule has 0 saturated carbocycles. The number of rotatable bonds is 2. The van der Waals surface area contributed by atoms with Crippen molar-refractivity contribution in [3.05, 3.63) is 47.2 Å². The van der Waals surface area contributed by atoms with Gasteiger partial charge in [-0.2, -0.15) is 5.10 Å². The lowest BCUT2D eigenvalue weighted by Crippen LogP contribution is -2.13. The number of carbonyl (C=O) groups is 1. The van der Waals surface area contributed by atoms with Gasteiger partial charge in [-0.25, -0.2) is 4.68 Å². The lowest BCUT2D eigenvalue weighted by molar-refractivity contribution is 0.0942. The van der Waals surface area contributed by atoms with Crippen molar-refractivity contribution in [3.63, 3.8) is 0 Å². The Balaban J connectivity index is 2.41. The van der Waals surface area contributed by atoms with Crippen LogP contribution in [0, 0.1) is 0 Å². The molecule has 1 aromatic heterocycles. The Hall–Kier alpha value is -1.81. The molecule has 0 aliphatic carbocycles. The number of benzene rings is 1. The third kappa shape index (κ3) is 1.92. The molecular formula is C11H9ClN2O2. The Labute approximate surface area is 97.4 Å². The minimum atomic E-state index is -0.274. The zero-order chi connectivity index (χ0) is 11.5. The van der Waals surface area contributed by atoms with Crippen molar-refractivity contribution >= 4 is 17.5 Å². The average Bonchev–Trinajstić information content (AvgIpc) is 2.75. The van der Waals surface area contributed by atoms with Crippen LogP contribution in [0.4, 0.5) is 0 Å². The van der Waals surface area contributed by atoms with E-state index >= 15 is 0 Å². The van der Waals surface area contributed by atoms with Crippen LogP contribution in [-0.2, 0) is 0 Å². The molecular weight excluding hydrogens is 228 g/mol. The number of aromatic nitrogens is 2. The summed E-state index contributed by atoms with van der Waals surface area (Å²) in [6, 6.07) is 6.96. The van der Waals surface area contributed by atoms with E-state index in [0.717, 1.165) is 0 Å². The molecule has 0 radical (unpaired) electrons. The number of nitrogens with zero attached hydrogens (tertiary/aromatic N) is 2. The fourth-order valence-corrected chi connectivity index (χ4v) is 1.49. The fraction of sp³-hybridized carbons (Fsp3) is 0.0909. The standard InChI is InChI=1S/C11H9ClN2O2/c1-16-10-5-3-2-4-9(10)11(15)14-7-8(12)6-13-14/h2-7H,1H3. The Kier molecular flexibility index (Phi) is 2.92. The first-order valence-electron chi connectivity index (χ1n) is 4.60. The predicted octanol–water partition coefficient (Wildman–Crippen LogP) is 2.23. The van der Waals surface area contributed by atoms with Gasteiger partial charge in [0, 0.05) is 0 Å². The van der Waals surface area contributed by atoms with Gasteiger partial charge in [0.05, 0.1) is 30.1 Å². The van der Waals surface area contributed by atoms with Crippen LogP contribution in [0.15, 0.2) is 36.7 Å². The highest BCUT2D eigenvalue weighted by Crippen LogP contribution is 2.18. The summed E-state index contributed by atoms with van der Waals surface area (Å²) in [5.41, 5.74) is 0.449. The number of hydrogen-bond donors (Lipinski definition) is 0. The smallest absolute Gasteiger partial charge is 0.281 e. The summed E-state index contributed by atoms with van der Waals surface area (Å²) in [6.45, 7) is 0. The Morgan fingerprint density at radius 3 is 2.81 bits per heavy atom. The van der Waals surface area contributed by atoms with Crippen LogP contribution in [0.3, 0.4) is 0 Å². The van der Waals surface area contributed by atoms with Gasteiger partial charge in [0.15, 0.2) is 0 Å². The number of hydrogen-bond acceptors (Lipinski definition) is 3. The Morgan fingerprint density at radius 2 is 2.19 bits per heavy atom. The molecule has 5 heteroatoms. The first-order valence-corrected chi connectivity index (χ1v) is 4.98. The van der Waals surface area contributed by atoms with Crippen LogP contribution in [0.1, 0.15) is 10.4 Å². The summed E-state index contributed by atoms with van der Waals surface area (Å²) >= 11 is 5.70. The maximum Gasteiger partial charge on any atom is 0.281 e. The van der Waals surface area contributed by atoms with Gasteiger partial charge in [-0.3, -0.25) is 4.79 Å². The van der Waals surface area contributed by atoms with Gasteiger partial charge in [-0.15, -0.1) is 0 Å². The molecule has 2 rings (SSSR count). The highest BCUT2D eigenvalue weighted by molar-refractivity contribution is 6.30. The number of para-hydroxylation sites is 1. The summed E-state index contributed by atoms with van der Waals surface area (Å²) < 4.78 is 6.28. The van der Waals surface area contributed by atoms with Crippen molar-refractivity contribution < 1.29 is 9.53 Å². The van der Waals surface area contributed by atoms with E-state index in [1.807, 2.05) is 0 Å². The Bertz CT molecular complexity index is 522. The van der Waals surface area contributed by atoms with Crippen LogP contribution in [-0.4, -0.2) is 22.8 Å². The molecule has 2 aromatic rings. The van der Waals surface area contributed by atoms with Crippen molar-refractivity contribution in [2.45, 2.75) is 0 Å². The van der Waals surface area contributed by atoms with Crippen molar-refractivity contribution in [1.82, 2.24) is 9.78 Å². The van der Waals surface area contributed by atoms with E-state index < -0.39 is 0 Å². The molecule has 0 aliphatic heterocycles. The monoisotopic (exact) mass is 236 g/mol. The zero-order valence-corrected chi connectivity index (χ0v) is 9.31. The van der Waals surface area contributed by atoms with E-state index in [1.165, 1.54) is 24.2 Å². The van der Waals surface area contributed by atoms with Crippen molar-refractivity contribution in [1.29, 1.82) is 0 Å². The van der Waals surface area contributed by atoms with Crippen LogP contribution >= 0.6 is 11.6 Å². The molecule has 0 aliphatic rings. The van der Waals surface area contributed by atoms with Gasteiger partial charge in [0.1, 0.15) is 5.75 Å². The lowest BCUT2D eigenvalue weighted by atomic mass is 10.2. The van der Waals surface area contributed by atoms with Gasteiger partial charge >= 0.3 is 0 Å². The molecule has 0 bridgehead atoms. The fourth-order valence-electron chi connectivity index (χ4n) is 1.36. The number of halogens is 1. The highest BCUT2D eigenvalue weighted by Gasteiger charge is 2.14. The van der Waals surface area contributed by atoms with Gasteiger partial charge in [-0.1, -0.05) is 23.7 Å². The molecule has 1 heterocycles. The largest absolute Gasteiger partial charge is 0.496 e. The second-order valence-electron chi connectivity index (χ2n) is 3.11. The number of carbonyl (C=O) groups excluding carboxylic acids is 1. The number of methoxy groups -OCH3 is 1. The topological polar surface area (TPSA) is 44.1 Å². The summed E-state index contributed by atoms with van der Waals surface area (Å²) in [7, 11) is 1.52. The zero-order valence-electron chi connectivity index (χ0n) is 8.55. The van der Waals surface area contributed by atoms with Crippen molar-refractivity contribution in [2.75, 3.05) is 7.11 Å². The maximum atomic E-state index is 12.0. The maximum absolute atomic E-state index is 12.0. The van der Waals surface area contributed by atoms with Gasteiger partial charge < -0.3 is 4.74 Å². The SMILES string of the molecule is COc1ccccc1C(=O)n1cc(Cl)cn1. The molecule has 0 amide bonds. The van der Waals surface area contributed by atoms with Crippen molar-refractivity contribution in [2.24, 2.45) is 0 Å². The van der Waals surface area contributed by atoms with Crippen LogP contribution in [0.25, 0.3) is 0 Å². The quantitative estimate of drug-likeness (QED) is 0.803. The van der Waals surface area contributed by atoms with E-state index in [0.29, 0.717) is 16.3 Å². The second kappa shape index (κ2) is 4.37. The third-order valence-electron chi connectivity index (χ3n) is 2.10. The van der Waals surface area contributed by atoms with E-state index in [1.54, 1.807) is 24.3 Å². The van der Waals surface area contributed by atoms with Gasteiger partial charge in [-0.05, 0) is 12.1 Å². The molecule has 0 fully saturated rings. The molecule has 0 N–H and O–H groups in total. The van der Waals surface area contributed by atoms with Crippen molar-refractivity contribution in [3.8, 4) is 5.75 Å². The van der Waals surface area contributed by atoms with Gasteiger partial charge in [0.2, 0.25) is 0 Å². The first-order chi connectivity index (χ1) is 7.72. The molecule has 0 saturated heterocycles. The summed E-state index contributed by atoms with van der Waals surface area (Å²) in [5.74, 6) is 0.239. The van der Waals surface area contributed by atoms with Crippen LogP contribution in [0.5, 0.6) is 5.75 Å². The second-order valence-corrected chi connectivity index (χ2v) is 3.54. The molecule has 4 nitrogen and oxygen atoms in total. The molecule has 16 heavy (non-hydrogen) atoms. The average molecular weight is 237 g/mol. The van der Waals surface area contributed by atoms with E-state index in [-0.39, 0.29) is 5.91 Å². The Morgan fingerprint density at radius 1 is 1.44 bits per heavy atom. The molecule has 0 unspecified atom stereocenters. The highest BCUT2D eigenvalue weighted by atomic mass is 35.5. The number of ether oxygens (including phenoxy) is 1. The minimum absolute atomic E-state index is 0.274.